The van der Waals surface area contributed by atoms with Crippen molar-refractivity contribution in [2.24, 2.45) is 0 Å². The van der Waals surface area contributed by atoms with Gasteiger partial charge in [-0.15, -0.1) is 0 Å². The minimum absolute atomic E-state index is 0.159. The molecule has 1 aromatic carbocycles. The molecular formula is C20H21F3N4O. The molecule has 1 heterocycles. The SMILES string of the molecule is O=C(NCCC1=CCCCC1)c1cnc(Nc2cccc(C(F)(F)F)c2)cn1. The maximum Gasteiger partial charge on any atom is 0.416 e. The molecule has 2 aromatic rings. The smallest absolute Gasteiger partial charge is 0.350 e. The second-order valence-corrected chi connectivity index (χ2v) is 6.60. The summed E-state index contributed by atoms with van der Waals surface area (Å²) in [6.07, 6.45) is 5.89. The summed E-state index contributed by atoms with van der Waals surface area (Å²) in [5.74, 6) is -0.0715. The van der Waals surface area contributed by atoms with Crippen molar-refractivity contribution < 1.29 is 18.0 Å². The molecule has 0 aliphatic heterocycles. The minimum atomic E-state index is -4.42. The fraction of sp³-hybridized carbons (Fsp3) is 0.350. The summed E-state index contributed by atoms with van der Waals surface area (Å²) < 4.78 is 38.3. The molecule has 0 bridgehead atoms. The van der Waals surface area contributed by atoms with Crippen molar-refractivity contribution in [3.63, 3.8) is 0 Å². The van der Waals surface area contributed by atoms with Crippen LogP contribution in [0.15, 0.2) is 48.3 Å². The molecule has 3 rings (SSSR count). The number of benzene rings is 1. The van der Waals surface area contributed by atoms with Gasteiger partial charge in [-0.1, -0.05) is 17.7 Å². The van der Waals surface area contributed by atoms with Crippen LogP contribution >= 0.6 is 0 Å². The Morgan fingerprint density at radius 1 is 1.14 bits per heavy atom. The van der Waals surface area contributed by atoms with E-state index in [1.807, 2.05) is 0 Å². The van der Waals surface area contributed by atoms with E-state index in [1.54, 1.807) is 0 Å². The Labute approximate surface area is 161 Å². The maximum atomic E-state index is 12.8. The number of carbonyl (C=O) groups excluding carboxylic acids is 1. The zero-order valence-corrected chi connectivity index (χ0v) is 15.2. The highest BCUT2D eigenvalue weighted by Crippen LogP contribution is 2.31. The van der Waals surface area contributed by atoms with Gasteiger partial charge in [0.05, 0.1) is 18.0 Å². The van der Waals surface area contributed by atoms with Gasteiger partial charge in [-0.05, 0) is 50.3 Å². The molecule has 0 fully saturated rings. The quantitative estimate of drug-likeness (QED) is 0.692. The van der Waals surface area contributed by atoms with Crippen LogP contribution in [0.2, 0.25) is 0 Å². The van der Waals surface area contributed by atoms with Crippen molar-refractivity contribution in [3.05, 3.63) is 59.6 Å². The van der Waals surface area contributed by atoms with E-state index in [9.17, 15) is 18.0 Å². The molecule has 1 aliphatic carbocycles. The van der Waals surface area contributed by atoms with Crippen LogP contribution in [-0.4, -0.2) is 22.4 Å². The second-order valence-electron chi connectivity index (χ2n) is 6.60. The predicted octanol–water partition coefficient (Wildman–Crippen LogP) is 4.86. The molecular weight excluding hydrogens is 369 g/mol. The van der Waals surface area contributed by atoms with Crippen LogP contribution in [0.1, 0.15) is 48.2 Å². The molecule has 0 atom stereocenters. The van der Waals surface area contributed by atoms with Crippen LogP contribution in [0.4, 0.5) is 24.7 Å². The van der Waals surface area contributed by atoms with Gasteiger partial charge in [0, 0.05) is 12.2 Å². The van der Waals surface area contributed by atoms with Crippen LogP contribution in [0, 0.1) is 0 Å². The molecule has 8 heteroatoms. The van der Waals surface area contributed by atoms with E-state index in [4.69, 9.17) is 0 Å². The fourth-order valence-corrected chi connectivity index (χ4v) is 2.99. The predicted molar refractivity (Wildman–Crippen MR) is 100 cm³/mol. The first-order valence-electron chi connectivity index (χ1n) is 9.14. The second kappa shape index (κ2) is 8.86. The van der Waals surface area contributed by atoms with Crippen LogP contribution in [0.3, 0.4) is 0 Å². The molecule has 5 nitrogen and oxygen atoms in total. The number of anilines is 2. The lowest BCUT2D eigenvalue weighted by Gasteiger charge is -2.13. The van der Waals surface area contributed by atoms with Crippen LogP contribution < -0.4 is 10.6 Å². The Morgan fingerprint density at radius 3 is 2.68 bits per heavy atom. The van der Waals surface area contributed by atoms with Crippen molar-refractivity contribution in [3.8, 4) is 0 Å². The van der Waals surface area contributed by atoms with Crippen LogP contribution in [0.25, 0.3) is 0 Å². The number of alkyl halides is 3. The van der Waals surface area contributed by atoms with Gasteiger partial charge >= 0.3 is 6.18 Å². The van der Waals surface area contributed by atoms with Gasteiger partial charge in [-0.2, -0.15) is 13.2 Å². The van der Waals surface area contributed by atoms with Crippen molar-refractivity contribution in [2.75, 3.05) is 11.9 Å². The molecule has 0 saturated heterocycles. The average Bonchev–Trinajstić information content (AvgIpc) is 2.69. The number of halogens is 3. The van der Waals surface area contributed by atoms with Gasteiger partial charge in [0.1, 0.15) is 11.5 Å². The number of carbonyl (C=O) groups is 1. The summed E-state index contributed by atoms with van der Waals surface area (Å²) in [4.78, 5) is 20.2. The molecule has 28 heavy (non-hydrogen) atoms. The normalized spacial score (nSPS) is 14.3. The molecule has 0 spiro atoms. The number of nitrogens with zero attached hydrogens (tertiary/aromatic N) is 2. The largest absolute Gasteiger partial charge is 0.416 e. The fourth-order valence-electron chi connectivity index (χ4n) is 2.99. The highest BCUT2D eigenvalue weighted by Gasteiger charge is 2.30. The lowest BCUT2D eigenvalue weighted by Crippen LogP contribution is -2.26. The lowest BCUT2D eigenvalue weighted by molar-refractivity contribution is -0.137. The first-order chi connectivity index (χ1) is 13.4. The number of nitrogens with one attached hydrogen (secondary N) is 2. The van der Waals surface area contributed by atoms with Gasteiger partial charge in [-0.25, -0.2) is 9.97 Å². The summed E-state index contributed by atoms with van der Waals surface area (Å²) >= 11 is 0. The van der Waals surface area contributed by atoms with Gasteiger partial charge < -0.3 is 10.6 Å². The Kier molecular flexibility index (Phi) is 6.28. The van der Waals surface area contributed by atoms with E-state index in [-0.39, 0.29) is 23.1 Å². The van der Waals surface area contributed by atoms with E-state index < -0.39 is 11.7 Å². The van der Waals surface area contributed by atoms with Crippen molar-refractivity contribution in [1.29, 1.82) is 0 Å². The maximum absolute atomic E-state index is 12.8. The third-order valence-corrected chi connectivity index (χ3v) is 4.46. The molecule has 0 unspecified atom stereocenters. The van der Waals surface area contributed by atoms with E-state index in [1.165, 1.54) is 42.9 Å². The van der Waals surface area contributed by atoms with E-state index in [0.29, 0.717) is 6.54 Å². The van der Waals surface area contributed by atoms with Crippen molar-refractivity contribution >= 4 is 17.4 Å². The Balaban J connectivity index is 1.54. The third kappa shape index (κ3) is 5.55. The number of hydrogen-bond donors (Lipinski definition) is 2. The Hall–Kier alpha value is -2.90. The van der Waals surface area contributed by atoms with Crippen molar-refractivity contribution in [1.82, 2.24) is 15.3 Å². The zero-order valence-electron chi connectivity index (χ0n) is 15.2. The number of amides is 1. The van der Waals surface area contributed by atoms with Gasteiger partial charge in [-0.3, -0.25) is 4.79 Å². The molecule has 1 aliphatic rings. The molecule has 2 N–H and O–H groups in total. The summed E-state index contributed by atoms with van der Waals surface area (Å²) in [6.45, 7) is 0.538. The lowest BCUT2D eigenvalue weighted by atomic mass is 9.97. The molecule has 0 radical (unpaired) electrons. The van der Waals surface area contributed by atoms with E-state index >= 15 is 0 Å². The van der Waals surface area contributed by atoms with E-state index in [0.717, 1.165) is 31.4 Å². The van der Waals surface area contributed by atoms with Gasteiger partial charge in [0.2, 0.25) is 0 Å². The summed E-state index contributed by atoms with van der Waals surface area (Å²) in [7, 11) is 0. The van der Waals surface area contributed by atoms with Crippen LogP contribution in [-0.2, 0) is 6.18 Å². The first kappa shape index (κ1) is 19.9. The third-order valence-electron chi connectivity index (χ3n) is 4.46. The molecule has 148 valence electrons. The monoisotopic (exact) mass is 390 g/mol. The molecule has 1 amide bonds. The average molecular weight is 390 g/mol. The standard InChI is InChI=1S/C20H21F3N4O/c21-20(22,23)15-7-4-8-16(11-15)27-18-13-25-17(12-26-18)19(28)24-10-9-14-5-2-1-3-6-14/h4-5,7-8,11-13H,1-3,6,9-10H2,(H,24,28)(H,26,27). The van der Waals surface area contributed by atoms with Gasteiger partial charge in [0.25, 0.3) is 5.91 Å². The van der Waals surface area contributed by atoms with Crippen molar-refractivity contribution in [2.45, 2.75) is 38.3 Å². The first-order valence-corrected chi connectivity index (χ1v) is 9.14. The van der Waals surface area contributed by atoms with Gasteiger partial charge in [0.15, 0.2) is 0 Å². The highest BCUT2D eigenvalue weighted by molar-refractivity contribution is 5.92. The summed E-state index contributed by atoms with van der Waals surface area (Å²) in [6, 6.07) is 4.79. The number of allylic oxidation sites excluding steroid dienone is 1. The Morgan fingerprint density at radius 2 is 2.00 bits per heavy atom. The summed E-state index contributed by atoms with van der Waals surface area (Å²) in [5.41, 5.74) is 1.02. The topological polar surface area (TPSA) is 66.9 Å². The van der Waals surface area contributed by atoms with E-state index in [2.05, 4.69) is 26.7 Å². The highest BCUT2D eigenvalue weighted by atomic mass is 19.4. The zero-order chi connectivity index (χ0) is 20.0. The molecule has 0 saturated carbocycles. The molecule has 1 aromatic heterocycles. The van der Waals surface area contributed by atoms with Crippen LogP contribution in [0.5, 0.6) is 0 Å². The number of aromatic nitrogens is 2. The number of rotatable bonds is 6. The number of hydrogen-bond acceptors (Lipinski definition) is 4. The minimum Gasteiger partial charge on any atom is -0.350 e. The Bertz CT molecular complexity index is 847. The summed E-state index contributed by atoms with van der Waals surface area (Å²) in [5, 5.41) is 5.57.